The zero-order chi connectivity index (χ0) is 9.56. The Morgan fingerprint density at radius 1 is 1.42 bits per heavy atom. The quantitative estimate of drug-likeness (QED) is 0.519. The molecule has 1 atom stereocenters. The van der Waals surface area contributed by atoms with Gasteiger partial charge in [-0.25, -0.2) is 0 Å². The maximum Gasteiger partial charge on any atom is -0.0199 e. The molecule has 0 N–H and O–H groups in total. The lowest BCUT2D eigenvalue weighted by Crippen LogP contribution is -2.01. The van der Waals surface area contributed by atoms with Crippen LogP contribution < -0.4 is 0 Å². The molecule has 0 aromatic carbocycles. The van der Waals surface area contributed by atoms with Crippen LogP contribution in [0.1, 0.15) is 40.0 Å². The highest BCUT2D eigenvalue weighted by Crippen LogP contribution is 2.21. The Labute approximate surface area is 77.4 Å². The van der Waals surface area contributed by atoms with Gasteiger partial charge in [0.15, 0.2) is 0 Å². The summed E-state index contributed by atoms with van der Waals surface area (Å²) in [5, 5.41) is 0. The summed E-state index contributed by atoms with van der Waals surface area (Å²) in [5.74, 6) is 1.26. The highest BCUT2D eigenvalue weighted by Gasteiger charge is 2.07. The lowest BCUT2D eigenvalue weighted by Gasteiger charge is -2.15. The molecule has 0 aromatic heterocycles. The smallest absolute Gasteiger partial charge is 0.0199 e. The van der Waals surface area contributed by atoms with Crippen LogP contribution in [-0.4, -0.2) is 0 Å². The van der Waals surface area contributed by atoms with E-state index < -0.39 is 0 Å². The van der Waals surface area contributed by atoms with E-state index >= 15 is 0 Å². The number of rotatable bonds is 6. The average molecular weight is 166 g/mol. The Morgan fingerprint density at radius 3 is 2.33 bits per heavy atom. The van der Waals surface area contributed by atoms with Crippen molar-refractivity contribution >= 4 is 0 Å². The molecule has 0 saturated heterocycles. The first kappa shape index (κ1) is 11.5. The molecule has 0 fully saturated rings. The summed E-state index contributed by atoms with van der Waals surface area (Å²) in [6.07, 6.45) is 5.67. The van der Waals surface area contributed by atoms with Gasteiger partial charge in [0.05, 0.1) is 0 Å². The van der Waals surface area contributed by atoms with E-state index in [9.17, 15) is 0 Å². The second-order valence-corrected chi connectivity index (χ2v) is 3.80. The van der Waals surface area contributed by atoms with Gasteiger partial charge in [-0.3, -0.25) is 0 Å². The largest absolute Gasteiger partial charge is 0.103 e. The summed E-state index contributed by atoms with van der Waals surface area (Å²) in [7, 11) is 0. The maximum atomic E-state index is 4.08. The first-order chi connectivity index (χ1) is 5.61. The maximum absolute atomic E-state index is 4.08. The summed E-state index contributed by atoms with van der Waals surface area (Å²) in [4.78, 5) is 0. The van der Waals surface area contributed by atoms with Crippen LogP contribution in [-0.2, 0) is 0 Å². The van der Waals surface area contributed by atoms with Crippen LogP contribution in [0.15, 0.2) is 24.8 Å². The van der Waals surface area contributed by atoms with Gasteiger partial charge in [-0.15, -0.1) is 6.58 Å². The van der Waals surface area contributed by atoms with Gasteiger partial charge in [-0.2, -0.15) is 0 Å². The van der Waals surface area contributed by atoms with Crippen molar-refractivity contribution in [1.82, 2.24) is 0 Å². The Hall–Kier alpha value is -0.520. The van der Waals surface area contributed by atoms with E-state index in [1.165, 1.54) is 18.4 Å². The molecular formula is C12H22. The van der Waals surface area contributed by atoms with Crippen LogP contribution in [0.2, 0.25) is 0 Å². The molecular weight excluding hydrogens is 144 g/mol. The van der Waals surface area contributed by atoms with E-state index in [2.05, 4.69) is 40.0 Å². The topological polar surface area (TPSA) is 0 Å². The van der Waals surface area contributed by atoms with Gasteiger partial charge < -0.3 is 0 Å². The van der Waals surface area contributed by atoms with Gasteiger partial charge >= 0.3 is 0 Å². The molecule has 0 spiro atoms. The van der Waals surface area contributed by atoms with Crippen LogP contribution in [0.5, 0.6) is 0 Å². The zero-order valence-electron chi connectivity index (χ0n) is 8.77. The minimum absolute atomic E-state index is 0.615. The summed E-state index contributed by atoms with van der Waals surface area (Å²) in [5.41, 5.74) is 1.35. The molecule has 0 saturated carbocycles. The summed E-state index contributed by atoms with van der Waals surface area (Å²) < 4.78 is 0. The second kappa shape index (κ2) is 6.05. The van der Waals surface area contributed by atoms with Crippen molar-refractivity contribution in [1.29, 1.82) is 0 Å². The highest BCUT2D eigenvalue weighted by molar-refractivity contribution is 5.01. The molecule has 0 rings (SSSR count). The van der Waals surface area contributed by atoms with Gasteiger partial charge in [0.2, 0.25) is 0 Å². The van der Waals surface area contributed by atoms with Crippen LogP contribution in [0, 0.1) is 11.8 Å². The molecule has 0 bridgehead atoms. The summed E-state index contributed by atoms with van der Waals surface area (Å²) >= 11 is 0. The van der Waals surface area contributed by atoms with Crippen LogP contribution in [0.3, 0.4) is 0 Å². The average Bonchev–Trinajstić information content (AvgIpc) is 2.03. The van der Waals surface area contributed by atoms with Crippen molar-refractivity contribution in [3.8, 4) is 0 Å². The van der Waals surface area contributed by atoms with Gasteiger partial charge in [-0.05, 0) is 24.7 Å². The Balaban J connectivity index is 3.85. The third-order valence-electron chi connectivity index (χ3n) is 2.33. The molecule has 0 aromatic rings. The highest BCUT2D eigenvalue weighted by atomic mass is 14.1. The molecule has 0 amide bonds. The van der Waals surface area contributed by atoms with E-state index in [-0.39, 0.29) is 0 Å². The third-order valence-corrected chi connectivity index (χ3v) is 2.33. The number of hydrogen-bond acceptors (Lipinski definition) is 0. The molecule has 0 heterocycles. The predicted octanol–water partition coefficient (Wildman–Crippen LogP) is 4.19. The summed E-state index contributed by atoms with van der Waals surface area (Å²) in [6.45, 7) is 14.5. The standard InChI is InChI=1S/C12H22/c1-6-8-12(7-2)9-11(5)10(3)4/h7,10,12H,2,5-6,8-9H2,1,3-4H3. The van der Waals surface area contributed by atoms with Gasteiger partial charge in [-0.1, -0.05) is 45.4 Å². The van der Waals surface area contributed by atoms with Crippen LogP contribution in [0.4, 0.5) is 0 Å². The Morgan fingerprint density at radius 2 is 2.00 bits per heavy atom. The van der Waals surface area contributed by atoms with Crippen molar-refractivity contribution in [2.24, 2.45) is 11.8 Å². The fraction of sp³-hybridized carbons (Fsp3) is 0.667. The third kappa shape index (κ3) is 4.38. The van der Waals surface area contributed by atoms with E-state index in [4.69, 9.17) is 0 Å². The van der Waals surface area contributed by atoms with Gasteiger partial charge in [0.1, 0.15) is 0 Å². The fourth-order valence-electron chi connectivity index (χ4n) is 1.25. The molecule has 0 heteroatoms. The first-order valence-electron chi connectivity index (χ1n) is 4.92. The number of hydrogen-bond donors (Lipinski definition) is 0. The first-order valence-corrected chi connectivity index (χ1v) is 4.92. The van der Waals surface area contributed by atoms with Crippen LogP contribution >= 0.6 is 0 Å². The van der Waals surface area contributed by atoms with Crippen molar-refractivity contribution in [3.63, 3.8) is 0 Å². The molecule has 0 aliphatic rings. The zero-order valence-corrected chi connectivity index (χ0v) is 8.77. The normalized spacial score (nSPS) is 13.0. The van der Waals surface area contributed by atoms with Crippen molar-refractivity contribution in [3.05, 3.63) is 24.8 Å². The van der Waals surface area contributed by atoms with Gasteiger partial charge in [0.25, 0.3) is 0 Å². The molecule has 70 valence electrons. The minimum atomic E-state index is 0.615. The van der Waals surface area contributed by atoms with E-state index in [0.29, 0.717) is 11.8 Å². The fourth-order valence-corrected chi connectivity index (χ4v) is 1.25. The summed E-state index contributed by atoms with van der Waals surface area (Å²) in [6, 6.07) is 0. The van der Waals surface area contributed by atoms with Crippen molar-refractivity contribution in [2.45, 2.75) is 40.0 Å². The molecule has 0 aliphatic heterocycles. The lowest BCUT2D eigenvalue weighted by atomic mass is 9.91. The monoisotopic (exact) mass is 166 g/mol. The van der Waals surface area contributed by atoms with E-state index in [1.807, 2.05) is 0 Å². The van der Waals surface area contributed by atoms with E-state index in [1.54, 1.807) is 0 Å². The van der Waals surface area contributed by atoms with Gasteiger partial charge in [0, 0.05) is 0 Å². The molecule has 0 aliphatic carbocycles. The lowest BCUT2D eigenvalue weighted by molar-refractivity contribution is 0.546. The number of allylic oxidation sites excluding steroid dienone is 2. The Kier molecular flexibility index (Phi) is 5.79. The SMILES string of the molecule is C=CC(CCC)CC(=C)C(C)C. The molecule has 0 nitrogen and oxygen atoms in total. The minimum Gasteiger partial charge on any atom is -0.103 e. The van der Waals surface area contributed by atoms with E-state index in [0.717, 1.165) is 6.42 Å². The predicted molar refractivity (Wildman–Crippen MR) is 57.2 cm³/mol. The molecule has 1 unspecified atom stereocenters. The second-order valence-electron chi connectivity index (χ2n) is 3.80. The molecule has 12 heavy (non-hydrogen) atoms. The Bertz CT molecular complexity index is 142. The van der Waals surface area contributed by atoms with Crippen molar-refractivity contribution < 1.29 is 0 Å². The van der Waals surface area contributed by atoms with Crippen molar-refractivity contribution in [2.75, 3.05) is 0 Å². The molecule has 0 radical (unpaired) electrons. The van der Waals surface area contributed by atoms with Crippen LogP contribution in [0.25, 0.3) is 0 Å².